The zero-order chi connectivity index (χ0) is 10.6. The monoisotopic (exact) mass is 200 g/mol. The second kappa shape index (κ2) is 5.10. The Morgan fingerprint density at radius 3 is 2.71 bits per heavy atom. The summed E-state index contributed by atoms with van der Waals surface area (Å²) in [4.78, 5) is 2.47. The number of hydrogen-bond acceptors (Lipinski definition) is 3. The van der Waals surface area contributed by atoms with Crippen LogP contribution in [0.2, 0.25) is 0 Å². The predicted octanol–water partition coefficient (Wildman–Crippen LogP) is 1.10. The lowest BCUT2D eigenvalue weighted by molar-refractivity contribution is -0.0152. The summed E-state index contributed by atoms with van der Waals surface area (Å²) >= 11 is 0. The van der Waals surface area contributed by atoms with Crippen LogP contribution in [0, 0.1) is 0 Å². The molecule has 14 heavy (non-hydrogen) atoms. The number of hydrogen-bond donors (Lipinski definition) is 1. The molecule has 0 spiro atoms. The molecule has 0 bridgehead atoms. The molecule has 1 aliphatic rings. The van der Waals surface area contributed by atoms with Crippen LogP contribution in [-0.4, -0.2) is 49.3 Å². The Kier molecular flexibility index (Phi) is 4.35. The topological polar surface area (TPSA) is 24.5 Å². The second-order valence-corrected chi connectivity index (χ2v) is 5.12. The van der Waals surface area contributed by atoms with E-state index < -0.39 is 0 Å². The third kappa shape index (κ3) is 4.94. The highest BCUT2D eigenvalue weighted by Crippen LogP contribution is 2.06. The van der Waals surface area contributed by atoms with Crippen LogP contribution in [0.1, 0.15) is 27.7 Å². The molecule has 1 unspecified atom stereocenters. The van der Waals surface area contributed by atoms with Crippen LogP contribution in [0.3, 0.4) is 0 Å². The zero-order valence-electron chi connectivity index (χ0n) is 9.97. The van der Waals surface area contributed by atoms with E-state index in [1.807, 2.05) is 0 Å². The Labute approximate surface area is 87.8 Å². The molecule has 1 fully saturated rings. The summed E-state index contributed by atoms with van der Waals surface area (Å²) in [5.41, 5.74) is -0.000344. The van der Waals surface area contributed by atoms with Crippen LogP contribution in [0.5, 0.6) is 0 Å². The van der Waals surface area contributed by atoms with E-state index in [2.05, 4.69) is 37.9 Å². The fraction of sp³-hybridized carbons (Fsp3) is 1.00. The maximum absolute atomic E-state index is 5.71. The molecule has 84 valence electrons. The molecule has 0 aromatic carbocycles. The lowest BCUT2D eigenvalue weighted by atomic mass is 10.2. The van der Waals surface area contributed by atoms with E-state index in [1.165, 1.54) is 0 Å². The fourth-order valence-electron chi connectivity index (χ4n) is 1.70. The normalized spacial score (nSPS) is 25.3. The number of rotatable bonds is 3. The van der Waals surface area contributed by atoms with Gasteiger partial charge in [-0.25, -0.2) is 0 Å². The summed E-state index contributed by atoms with van der Waals surface area (Å²) in [7, 11) is 0. The van der Waals surface area contributed by atoms with Crippen molar-refractivity contribution in [3.05, 3.63) is 0 Å². The van der Waals surface area contributed by atoms with Gasteiger partial charge in [-0.3, -0.25) is 4.90 Å². The van der Waals surface area contributed by atoms with Gasteiger partial charge in [0.1, 0.15) is 0 Å². The van der Waals surface area contributed by atoms with E-state index in [0.717, 1.165) is 32.8 Å². The first-order chi connectivity index (χ1) is 6.47. The molecule has 0 aliphatic carbocycles. The minimum atomic E-state index is -0.000344. The fourth-order valence-corrected chi connectivity index (χ4v) is 1.70. The maximum atomic E-state index is 5.71. The molecule has 1 heterocycles. The van der Waals surface area contributed by atoms with Gasteiger partial charge in [-0.2, -0.15) is 0 Å². The molecule has 1 atom stereocenters. The van der Waals surface area contributed by atoms with Crippen molar-refractivity contribution in [2.24, 2.45) is 0 Å². The van der Waals surface area contributed by atoms with Crippen molar-refractivity contribution in [2.75, 3.05) is 32.8 Å². The van der Waals surface area contributed by atoms with Gasteiger partial charge in [-0.1, -0.05) is 0 Å². The second-order valence-electron chi connectivity index (χ2n) is 5.12. The van der Waals surface area contributed by atoms with Crippen LogP contribution in [0.4, 0.5) is 0 Å². The molecular formula is C11H24N2O. The van der Waals surface area contributed by atoms with E-state index in [1.54, 1.807) is 0 Å². The van der Waals surface area contributed by atoms with Crippen molar-refractivity contribution in [3.63, 3.8) is 0 Å². The van der Waals surface area contributed by atoms with Crippen molar-refractivity contribution in [2.45, 2.75) is 39.3 Å². The highest BCUT2D eigenvalue weighted by molar-refractivity contribution is 4.74. The van der Waals surface area contributed by atoms with E-state index in [-0.39, 0.29) is 5.60 Å². The highest BCUT2D eigenvalue weighted by Gasteiger charge is 2.16. The van der Waals surface area contributed by atoms with Crippen molar-refractivity contribution in [1.29, 1.82) is 0 Å². The summed E-state index contributed by atoms with van der Waals surface area (Å²) in [5.74, 6) is 0. The number of nitrogens with one attached hydrogen (secondary N) is 1. The molecule has 0 radical (unpaired) electrons. The third-order valence-electron chi connectivity index (χ3n) is 2.40. The molecule has 1 aliphatic heterocycles. The van der Waals surface area contributed by atoms with E-state index in [9.17, 15) is 0 Å². The van der Waals surface area contributed by atoms with Crippen molar-refractivity contribution < 1.29 is 4.74 Å². The zero-order valence-corrected chi connectivity index (χ0v) is 9.97. The van der Waals surface area contributed by atoms with Gasteiger partial charge < -0.3 is 10.1 Å². The largest absolute Gasteiger partial charge is 0.375 e. The Morgan fingerprint density at radius 2 is 2.14 bits per heavy atom. The van der Waals surface area contributed by atoms with Crippen LogP contribution >= 0.6 is 0 Å². The minimum Gasteiger partial charge on any atom is -0.375 e. The van der Waals surface area contributed by atoms with Gasteiger partial charge in [-0.15, -0.1) is 0 Å². The van der Waals surface area contributed by atoms with Crippen LogP contribution in [-0.2, 0) is 4.74 Å². The van der Waals surface area contributed by atoms with Gasteiger partial charge in [-0.05, 0) is 27.7 Å². The molecule has 3 nitrogen and oxygen atoms in total. The molecule has 3 heteroatoms. The van der Waals surface area contributed by atoms with Gasteiger partial charge in [0, 0.05) is 32.2 Å². The van der Waals surface area contributed by atoms with Gasteiger partial charge in [0.2, 0.25) is 0 Å². The molecule has 0 saturated carbocycles. The number of piperazine rings is 1. The summed E-state index contributed by atoms with van der Waals surface area (Å²) in [5, 5.41) is 3.44. The van der Waals surface area contributed by atoms with E-state index >= 15 is 0 Å². The Morgan fingerprint density at radius 1 is 1.43 bits per heavy atom. The first-order valence-electron chi connectivity index (χ1n) is 5.57. The Balaban J connectivity index is 2.12. The summed E-state index contributed by atoms with van der Waals surface area (Å²) in [6.45, 7) is 13.9. The molecule has 1 rings (SSSR count). The third-order valence-corrected chi connectivity index (χ3v) is 2.40. The van der Waals surface area contributed by atoms with Gasteiger partial charge in [0.05, 0.1) is 12.2 Å². The number of ether oxygens (including phenoxy) is 1. The highest BCUT2D eigenvalue weighted by atomic mass is 16.5. The minimum absolute atomic E-state index is 0.000344. The van der Waals surface area contributed by atoms with E-state index in [0.29, 0.717) is 6.04 Å². The summed E-state index contributed by atoms with van der Waals surface area (Å²) < 4.78 is 5.71. The average Bonchev–Trinajstić information content (AvgIpc) is 2.01. The lowest BCUT2D eigenvalue weighted by Gasteiger charge is -2.32. The Hall–Kier alpha value is -0.120. The van der Waals surface area contributed by atoms with E-state index in [4.69, 9.17) is 4.74 Å². The van der Waals surface area contributed by atoms with Crippen molar-refractivity contribution >= 4 is 0 Å². The molecule has 0 aromatic heterocycles. The standard InChI is InChI=1S/C11H24N2O/c1-10-9-13(6-5-12-10)7-8-14-11(2,3)4/h10,12H,5-9H2,1-4H3. The summed E-state index contributed by atoms with van der Waals surface area (Å²) in [6, 6.07) is 0.624. The number of nitrogens with zero attached hydrogens (tertiary/aromatic N) is 1. The van der Waals surface area contributed by atoms with Crippen LogP contribution < -0.4 is 5.32 Å². The molecule has 1 N–H and O–H groups in total. The molecular weight excluding hydrogens is 176 g/mol. The first-order valence-corrected chi connectivity index (χ1v) is 5.57. The van der Waals surface area contributed by atoms with Crippen molar-refractivity contribution in [1.82, 2.24) is 10.2 Å². The SMILES string of the molecule is CC1CN(CCOC(C)(C)C)CCN1. The summed E-state index contributed by atoms with van der Waals surface area (Å²) in [6.07, 6.45) is 0. The van der Waals surface area contributed by atoms with Crippen LogP contribution in [0.25, 0.3) is 0 Å². The van der Waals surface area contributed by atoms with Gasteiger partial charge in [0.15, 0.2) is 0 Å². The lowest BCUT2D eigenvalue weighted by Crippen LogP contribution is -2.50. The average molecular weight is 200 g/mol. The molecule has 1 saturated heterocycles. The quantitative estimate of drug-likeness (QED) is 0.738. The van der Waals surface area contributed by atoms with Crippen molar-refractivity contribution in [3.8, 4) is 0 Å². The smallest absolute Gasteiger partial charge is 0.0600 e. The molecule has 0 aromatic rings. The predicted molar refractivity (Wildman–Crippen MR) is 59.6 cm³/mol. The van der Waals surface area contributed by atoms with Gasteiger partial charge >= 0.3 is 0 Å². The van der Waals surface area contributed by atoms with Crippen LogP contribution in [0.15, 0.2) is 0 Å². The maximum Gasteiger partial charge on any atom is 0.0600 e. The first kappa shape index (κ1) is 12.0. The van der Waals surface area contributed by atoms with Gasteiger partial charge in [0.25, 0.3) is 0 Å². The Bertz CT molecular complexity index is 165. The molecule has 0 amide bonds.